The van der Waals surface area contributed by atoms with Crippen LogP contribution >= 0.6 is 0 Å². The summed E-state index contributed by atoms with van der Waals surface area (Å²) in [6.07, 6.45) is 5.35. The van der Waals surface area contributed by atoms with Gasteiger partial charge in [-0.15, -0.1) is 0 Å². The lowest BCUT2D eigenvalue weighted by molar-refractivity contribution is -0.136. The van der Waals surface area contributed by atoms with Crippen molar-refractivity contribution in [1.29, 1.82) is 0 Å². The lowest BCUT2D eigenvalue weighted by Gasteiger charge is -2.32. The number of anilines is 1. The predicted octanol–water partition coefficient (Wildman–Crippen LogP) is 2.31. The van der Waals surface area contributed by atoms with Crippen molar-refractivity contribution >= 4 is 17.5 Å². The minimum Gasteiger partial charge on any atom is -0.341 e. The maximum absolute atomic E-state index is 13.7. The molecule has 2 fully saturated rings. The van der Waals surface area contributed by atoms with E-state index in [1.54, 1.807) is 31.5 Å². The molecule has 3 N–H and O–H groups in total. The van der Waals surface area contributed by atoms with E-state index >= 15 is 0 Å². The number of piperidine rings is 1. The third-order valence-corrected chi connectivity index (χ3v) is 5.93. The van der Waals surface area contributed by atoms with Gasteiger partial charge in [0.15, 0.2) is 0 Å². The Morgan fingerprint density at radius 3 is 2.57 bits per heavy atom. The summed E-state index contributed by atoms with van der Waals surface area (Å²) in [5.74, 6) is -0.587. The van der Waals surface area contributed by atoms with E-state index in [0.717, 1.165) is 5.56 Å². The van der Waals surface area contributed by atoms with Gasteiger partial charge in [0.1, 0.15) is 11.9 Å². The van der Waals surface area contributed by atoms with Crippen LogP contribution in [0.4, 0.5) is 10.1 Å². The van der Waals surface area contributed by atoms with Crippen LogP contribution in [0, 0.1) is 18.7 Å². The van der Waals surface area contributed by atoms with Gasteiger partial charge in [0.05, 0.1) is 0 Å². The van der Waals surface area contributed by atoms with Gasteiger partial charge in [-0.2, -0.15) is 0 Å². The second kappa shape index (κ2) is 8.89. The molecule has 2 aliphatic heterocycles. The summed E-state index contributed by atoms with van der Waals surface area (Å²) in [6.45, 7) is 2.76. The van der Waals surface area contributed by atoms with Gasteiger partial charge in [-0.25, -0.2) is 15.2 Å². The molecule has 1 aromatic heterocycles. The first kappa shape index (κ1) is 20.4. The number of aryl methyl sites for hydroxylation is 1. The fourth-order valence-corrected chi connectivity index (χ4v) is 4.03. The normalized spacial score (nSPS) is 22.1. The van der Waals surface area contributed by atoms with Crippen LogP contribution in [0.15, 0.2) is 42.7 Å². The van der Waals surface area contributed by atoms with Crippen molar-refractivity contribution in [3.63, 3.8) is 0 Å². The molecule has 2 amide bonds. The summed E-state index contributed by atoms with van der Waals surface area (Å²) in [6, 6.07) is 8.35. The molecule has 158 valence electrons. The molecule has 4 rings (SSSR count). The standard InChI is InChI=1S/C22H26FN5O2/c1-14-2-3-17(12-18(14)23)25-21(29)16-6-10-28(11-7-16)22(30)20-13-19(26-27-20)15-4-8-24-9-5-15/h2-5,8-9,12,16,19-20,26-27H,6-7,10-11,13H2,1H3,(H,25,29). The number of hydrogen-bond acceptors (Lipinski definition) is 5. The molecule has 0 saturated carbocycles. The second-order valence-corrected chi connectivity index (χ2v) is 7.96. The van der Waals surface area contributed by atoms with Crippen LogP contribution in [-0.2, 0) is 9.59 Å². The number of aromatic nitrogens is 1. The first-order valence-corrected chi connectivity index (χ1v) is 10.3. The van der Waals surface area contributed by atoms with E-state index in [2.05, 4.69) is 21.2 Å². The monoisotopic (exact) mass is 411 g/mol. The average molecular weight is 411 g/mol. The molecule has 0 radical (unpaired) electrons. The van der Waals surface area contributed by atoms with E-state index in [0.29, 0.717) is 43.6 Å². The Labute approximate surface area is 175 Å². The zero-order chi connectivity index (χ0) is 21.1. The molecule has 7 nitrogen and oxygen atoms in total. The Morgan fingerprint density at radius 2 is 1.87 bits per heavy atom. The van der Waals surface area contributed by atoms with Gasteiger partial charge < -0.3 is 10.2 Å². The molecule has 2 aliphatic rings. The van der Waals surface area contributed by atoms with E-state index in [9.17, 15) is 14.0 Å². The largest absolute Gasteiger partial charge is 0.341 e. The van der Waals surface area contributed by atoms with E-state index in [-0.39, 0.29) is 35.6 Å². The SMILES string of the molecule is Cc1ccc(NC(=O)C2CCN(C(=O)C3CC(c4ccncc4)NN3)CC2)cc1F. The zero-order valence-corrected chi connectivity index (χ0v) is 16.9. The van der Waals surface area contributed by atoms with Crippen LogP contribution in [0.5, 0.6) is 0 Å². The molecule has 1 aromatic carbocycles. The number of amides is 2. The van der Waals surface area contributed by atoms with Crippen LogP contribution in [0.1, 0.15) is 36.4 Å². The van der Waals surface area contributed by atoms with Gasteiger partial charge in [-0.05, 0) is 61.6 Å². The molecule has 2 saturated heterocycles. The number of likely N-dealkylation sites (tertiary alicyclic amines) is 1. The minimum absolute atomic E-state index is 0.0542. The highest BCUT2D eigenvalue weighted by Gasteiger charge is 2.35. The number of benzene rings is 1. The van der Waals surface area contributed by atoms with Crippen molar-refractivity contribution in [3.8, 4) is 0 Å². The van der Waals surface area contributed by atoms with Crippen LogP contribution in [0.25, 0.3) is 0 Å². The van der Waals surface area contributed by atoms with E-state index in [1.165, 1.54) is 6.07 Å². The summed E-state index contributed by atoms with van der Waals surface area (Å²) in [7, 11) is 0. The van der Waals surface area contributed by atoms with Gasteiger partial charge in [0, 0.05) is 43.1 Å². The molecular formula is C22H26FN5O2. The maximum Gasteiger partial charge on any atom is 0.241 e. The summed E-state index contributed by atoms with van der Waals surface area (Å²) in [5, 5.41) is 2.79. The number of carbonyl (C=O) groups excluding carboxylic acids is 2. The Balaban J connectivity index is 1.27. The molecule has 3 heterocycles. The van der Waals surface area contributed by atoms with Crippen LogP contribution < -0.4 is 16.2 Å². The van der Waals surface area contributed by atoms with Gasteiger partial charge in [0.25, 0.3) is 0 Å². The third kappa shape index (κ3) is 4.49. The van der Waals surface area contributed by atoms with Crippen LogP contribution in [0.2, 0.25) is 0 Å². The fraction of sp³-hybridized carbons (Fsp3) is 0.409. The van der Waals surface area contributed by atoms with Gasteiger partial charge in [-0.1, -0.05) is 6.07 Å². The van der Waals surface area contributed by atoms with E-state index in [1.807, 2.05) is 17.0 Å². The minimum atomic E-state index is -0.337. The van der Waals surface area contributed by atoms with Crippen molar-refractivity contribution in [1.82, 2.24) is 20.7 Å². The smallest absolute Gasteiger partial charge is 0.241 e. The van der Waals surface area contributed by atoms with Gasteiger partial charge >= 0.3 is 0 Å². The van der Waals surface area contributed by atoms with E-state index in [4.69, 9.17) is 0 Å². The summed E-state index contributed by atoms with van der Waals surface area (Å²) in [5.41, 5.74) is 8.39. The van der Waals surface area contributed by atoms with Crippen molar-refractivity contribution < 1.29 is 14.0 Å². The predicted molar refractivity (Wildman–Crippen MR) is 111 cm³/mol. The number of hydrazine groups is 1. The van der Waals surface area contributed by atoms with Gasteiger partial charge in [-0.3, -0.25) is 14.6 Å². The topological polar surface area (TPSA) is 86.4 Å². The lowest BCUT2D eigenvalue weighted by Crippen LogP contribution is -2.49. The van der Waals surface area contributed by atoms with Crippen LogP contribution in [0.3, 0.4) is 0 Å². The summed E-state index contributed by atoms with van der Waals surface area (Å²) >= 11 is 0. The molecule has 0 aliphatic carbocycles. The van der Waals surface area contributed by atoms with Crippen molar-refractivity contribution in [2.24, 2.45) is 5.92 Å². The molecular weight excluding hydrogens is 385 g/mol. The molecule has 2 aromatic rings. The maximum atomic E-state index is 13.7. The highest BCUT2D eigenvalue weighted by Crippen LogP contribution is 2.25. The average Bonchev–Trinajstić information content (AvgIpc) is 3.27. The Kier molecular flexibility index (Phi) is 6.06. The fourth-order valence-electron chi connectivity index (χ4n) is 4.03. The first-order chi connectivity index (χ1) is 14.5. The lowest BCUT2D eigenvalue weighted by atomic mass is 9.94. The molecule has 2 unspecified atom stereocenters. The van der Waals surface area contributed by atoms with Crippen LogP contribution in [-0.4, -0.2) is 40.8 Å². The number of pyridine rings is 1. The highest BCUT2D eigenvalue weighted by atomic mass is 19.1. The molecule has 30 heavy (non-hydrogen) atoms. The molecule has 8 heteroatoms. The zero-order valence-electron chi connectivity index (χ0n) is 16.9. The van der Waals surface area contributed by atoms with Crippen molar-refractivity contribution in [3.05, 3.63) is 59.7 Å². The summed E-state index contributed by atoms with van der Waals surface area (Å²) in [4.78, 5) is 31.3. The summed E-state index contributed by atoms with van der Waals surface area (Å²) < 4.78 is 13.7. The molecule has 2 atom stereocenters. The first-order valence-electron chi connectivity index (χ1n) is 10.3. The van der Waals surface area contributed by atoms with E-state index < -0.39 is 0 Å². The number of hydrogen-bond donors (Lipinski definition) is 3. The second-order valence-electron chi connectivity index (χ2n) is 7.96. The Hall–Kier alpha value is -2.84. The molecule has 0 spiro atoms. The molecule has 0 bridgehead atoms. The van der Waals surface area contributed by atoms with Crippen molar-refractivity contribution in [2.45, 2.75) is 38.3 Å². The third-order valence-electron chi connectivity index (χ3n) is 5.93. The Morgan fingerprint density at radius 1 is 1.13 bits per heavy atom. The number of nitrogens with one attached hydrogen (secondary N) is 3. The number of rotatable bonds is 4. The number of carbonyl (C=O) groups is 2. The van der Waals surface area contributed by atoms with Gasteiger partial charge in [0.2, 0.25) is 11.8 Å². The number of halogens is 1. The highest BCUT2D eigenvalue weighted by molar-refractivity contribution is 5.93. The van der Waals surface area contributed by atoms with Crippen molar-refractivity contribution in [2.75, 3.05) is 18.4 Å². The quantitative estimate of drug-likeness (QED) is 0.719. The Bertz CT molecular complexity index is 915. The number of nitrogens with zero attached hydrogens (tertiary/aromatic N) is 2.